The number of aromatic nitrogens is 2. The van der Waals surface area contributed by atoms with Crippen LogP contribution < -0.4 is 20.4 Å². The topological polar surface area (TPSA) is 56.3 Å². The summed E-state index contributed by atoms with van der Waals surface area (Å²) in [6.45, 7) is 8.95. The molecule has 0 radical (unpaired) electrons. The zero-order valence-electron chi connectivity index (χ0n) is 16.6. The maximum absolute atomic E-state index is 5.45. The Kier molecular flexibility index (Phi) is 5.66. The van der Waals surface area contributed by atoms with Crippen molar-refractivity contribution >= 4 is 34.9 Å². The minimum atomic E-state index is 0.528. The maximum Gasteiger partial charge on any atom is 0.232 e. The molecule has 0 amide bonds. The van der Waals surface area contributed by atoms with Gasteiger partial charge in [-0.25, -0.2) is 0 Å². The van der Waals surface area contributed by atoms with Crippen molar-refractivity contribution in [3.63, 3.8) is 0 Å². The first-order valence-corrected chi connectivity index (χ1v) is 10.9. The molecule has 0 unspecified atom stereocenters. The zero-order valence-corrected chi connectivity index (χ0v) is 17.4. The fourth-order valence-corrected chi connectivity index (χ4v) is 4.09. The van der Waals surface area contributed by atoms with Gasteiger partial charge in [0.2, 0.25) is 5.95 Å². The number of hydrogen-bond donors (Lipinski definition) is 2. The maximum atomic E-state index is 5.45. The Morgan fingerprint density at radius 2 is 1.37 bits per heavy atom. The zero-order chi connectivity index (χ0) is 18.8. The van der Waals surface area contributed by atoms with Crippen LogP contribution in [0, 0.1) is 11.8 Å². The fraction of sp³-hybridized carbons (Fsp3) is 0.750. The molecule has 0 atom stereocenters. The average Bonchev–Trinajstić information content (AvgIpc) is 3.46. The van der Waals surface area contributed by atoms with E-state index in [9.17, 15) is 0 Å². The molecule has 1 aromatic rings. The van der Waals surface area contributed by atoms with Gasteiger partial charge in [0.05, 0.1) is 0 Å². The summed E-state index contributed by atoms with van der Waals surface area (Å²) < 4.78 is 0. The normalized spacial score (nSPS) is 22.0. The highest BCUT2D eigenvalue weighted by Gasteiger charge is 2.24. The Balaban J connectivity index is 1.54. The van der Waals surface area contributed by atoms with E-state index < -0.39 is 0 Å². The van der Waals surface area contributed by atoms with E-state index in [2.05, 4.69) is 40.3 Å². The van der Waals surface area contributed by atoms with Crippen molar-refractivity contribution in [2.24, 2.45) is 11.8 Å². The molecule has 7 heteroatoms. The highest BCUT2D eigenvalue weighted by atomic mass is 32.1. The van der Waals surface area contributed by atoms with Crippen LogP contribution in [0.4, 0.5) is 17.6 Å². The predicted molar refractivity (Wildman–Crippen MR) is 116 cm³/mol. The van der Waals surface area contributed by atoms with Crippen molar-refractivity contribution in [3.8, 4) is 0 Å². The van der Waals surface area contributed by atoms with Crippen LogP contribution in [0.1, 0.15) is 52.4 Å². The summed E-state index contributed by atoms with van der Waals surface area (Å²) in [4.78, 5) is 14.4. The fourth-order valence-electron chi connectivity index (χ4n) is 3.83. The number of thiocarbonyl (C=S) groups is 1. The van der Waals surface area contributed by atoms with Gasteiger partial charge in [-0.05, 0) is 62.6 Å². The minimum Gasteiger partial charge on any atom is -0.360 e. The van der Waals surface area contributed by atoms with Crippen LogP contribution in [-0.4, -0.2) is 47.3 Å². The van der Waals surface area contributed by atoms with Crippen LogP contribution in [0.3, 0.4) is 0 Å². The monoisotopic (exact) mass is 388 g/mol. The van der Waals surface area contributed by atoms with Crippen LogP contribution in [0.15, 0.2) is 6.07 Å². The Hall–Kier alpha value is -1.63. The number of piperidine rings is 2. The Morgan fingerprint density at radius 1 is 0.889 bits per heavy atom. The summed E-state index contributed by atoms with van der Waals surface area (Å²) in [5.74, 6) is 4.29. The number of rotatable bonds is 4. The molecule has 27 heavy (non-hydrogen) atoms. The largest absolute Gasteiger partial charge is 0.360 e. The van der Waals surface area contributed by atoms with Crippen molar-refractivity contribution in [2.75, 3.05) is 41.3 Å². The molecular weight excluding hydrogens is 356 g/mol. The Bertz CT molecular complexity index is 620. The van der Waals surface area contributed by atoms with Gasteiger partial charge in [-0.1, -0.05) is 13.8 Å². The smallest absolute Gasteiger partial charge is 0.232 e. The van der Waals surface area contributed by atoms with E-state index in [1.165, 1.54) is 38.5 Å². The second-order valence-electron chi connectivity index (χ2n) is 8.62. The molecule has 2 saturated heterocycles. The van der Waals surface area contributed by atoms with Crippen molar-refractivity contribution in [1.29, 1.82) is 0 Å². The number of nitrogens with one attached hydrogen (secondary N) is 2. The van der Waals surface area contributed by atoms with E-state index in [1.807, 2.05) is 0 Å². The van der Waals surface area contributed by atoms with Crippen molar-refractivity contribution in [3.05, 3.63) is 6.07 Å². The standard InChI is InChI=1S/C20H32N6S/c1-14-5-9-25(10-6-14)17-13-18(26-11-7-15(2)8-12-26)23-19(22-17)24-20(27)21-16-3-4-16/h13-16H,3-12H2,1-2H3,(H2,21,22,23,24,27). The molecule has 148 valence electrons. The summed E-state index contributed by atoms with van der Waals surface area (Å²) in [7, 11) is 0. The van der Waals surface area contributed by atoms with Gasteiger partial charge in [0.15, 0.2) is 5.11 Å². The third kappa shape index (κ3) is 5.00. The highest BCUT2D eigenvalue weighted by molar-refractivity contribution is 7.80. The Labute approximate surface area is 168 Å². The lowest BCUT2D eigenvalue weighted by Gasteiger charge is -2.34. The third-order valence-electron chi connectivity index (χ3n) is 6.05. The third-order valence-corrected chi connectivity index (χ3v) is 6.27. The van der Waals surface area contributed by atoms with Gasteiger partial charge in [-0.2, -0.15) is 9.97 Å². The predicted octanol–water partition coefficient (Wildman–Crippen LogP) is 3.40. The minimum absolute atomic E-state index is 0.528. The summed E-state index contributed by atoms with van der Waals surface area (Å²) in [6.07, 6.45) is 7.31. The van der Waals surface area contributed by atoms with Gasteiger partial charge in [0.25, 0.3) is 0 Å². The van der Waals surface area contributed by atoms with Crippen molar-refractivity contribution < 1.29 is 0 Å². The molecule has 3 fully saturated rings. The van der Waals surface area contributed by atoms with E-state index in [-0.39, 0.29) is 0 Å². The van der Waals surface area contributed by atoms with Gasteiger partial charge in [-0.15, -0.1) is 0 Å². The number of hydrogen-bond acceptors (Lipinski definition) is 5. The van der Waals surface area contributed by atoms with E-state index in [1.54, 1.807) is 0 Å². The van der Waals surface area contributed by atoms with Gasteiger partial charge < -0.3 is 20.4 Å². The molecule has 6 nitrogen and oxygen atoms in total. The molecule has 2 N–H and O–H groups in total. The van der Waals surface area contributed by atoms with Gasteiger partial charge in [-0.3, -0.25) is 0 Å². The molecule has 4 rings (SSSR count). The number of anilines is 3. The first-order valence-electron chi connectivity index (χ1n) is 10.5. The summed E-state index contributed by atoms with van der Waals surface area (Å²) in [6, 6.07) is 2.70. The molecular formula is C20H32N6S. The molecule has 0 spiro atoms. The second kappa shape index (κ2) is 8.17. The lowest BCUT2D eigenvalue weighted by Crippen LogP contribution is -2.36. The highest BCUT2D eigenvalue weighted by Crippen LogP contribution is 2.28. The van der Waals surface area contributed by atoms with Crippen LogP contribution in [-0.2, 0) is 0 Å². The van der Waals surface area contributed by atoms with Crippen LogP contribution in [0.25, 0.3) is 0 Å². The van der Waals surface area contributed by atoms with E-state index in [0.29, 0.717) is 17.1 Å². The molecule has 3 aliphatic rings. The lowest BCUT2D eigenvalue weighted by atomic mass is 9.99. The van der Waals surface area contributed by atoms with E-state index >= 15 is 0 Å². The van der Waals surface area contributed by atoms with Crippen molar-refractivity contribution in [1.82, 2.24) is 15.3 Å². The Morgan fingerprint density at radius 3 is 1.81 bits per heavy atom. The van der Waals surface area contributed by atoms with E-state index in [4.69, 9.17) is 22.2 Å². The van der Waals surface area contributed by atoms with Gasteiger partial charge >= 0.3 is 0 Å². The van der Waals surface area contributed by atoms with Crippen LogP contribution >= 0.6 is 12.2 Å². The number of nitrogens with zero attached hydrogens (tertiary/aromatic N) is 4. The molecule has 1 saturated carbocycles. The second-order valence-corrected chi connectivity index (χ2v) is 9.03. The molecule has 1 aliphatic carbocycles. The first kappa shape index (κ1) is 18.7. The lowest BCUT2D eigenvalue weighted by molar-refractivity contribution is 0.433. The summed E-state index contributed by atoms with van der Waals surface area (Å²) in [5.41, 5.74) is 0. The quantitative estimate of drug-likeness (QED) is 0.767. The summed E-state index contributed by atoms with van der Waals surface area (Å²) in [5, 5.41) is 7.20. The van der Waals surface area contributed by atoms with Crippen molar-refractivity contribution in [2.45, 2.75) is 58.4 Å². The molecule has 3 heterocycles. The first-order chi connectivity index (χ1) is 13.1. The van der Waals surface area contributed by atoms with E-state index in [0.717, 1.165) is 49.7 Å². The van der Waals surface area contributed by atoms with Crippen LogP contribution in [0.5, 0.6) is 0 Å². The van der Waals surface area contributed by atoms with Gasteiger partial charge in [0.1, 0.15) is 11.6 Å². The molecule has 1 aromatic heterocycles. The van der Waals surface area contributed by atoms with Gasteiger partial charge in [0, 0.05) is 38.3 Å². The summed E-state index contributed by atoms with van der Waals surface area (Å²) >= 11 is 5.45. The SMILES string of the molecule is CC1CCN(c2cc(N3CCC(C)CC3)nc(NC(=S)NC3CC3)n2)CC1. The molecule has 0 aromatic carbocycles. The average molecular weight is 389 g/mol. The molecule has 2 aliphatic heterocycles. The van der Waals surface area contributed by atoms with Crippen LogP contribution in [0.2, 0.25) is 0 Å². The molecule has 0 bridgehead atoms.